The Morgan fingerprint density at radius 3 is 2.55 bits per heavy atom. The molecule has 0 aromatic heterocycles. The van der Waals surface area contributed by atoms with Crippen LogP contribution < -0.4 is 4.74 Å². The maximum atomic E-state index is 12.0. The summed E-state index contributed by atoms with van der Waals surface area (Å²) < 4.78 is 12.5. The highest BCUT2D eigenvalue weighted by Crippen LogP contribution is 2.51. The summed E-state index contributed by atoms with van der Waals surface area (Å²) in [5.74, 6) is 1.24. The summed E-state index contributed by atoms with van der Waals surface area (Å²) in [7, 11) is 0. The lowest BCUT2D eigenvalue weighted by Gasteiger charge is -2.25. The van der Waals surface area contributed by atoms with Gasteiger partial charge in [-0.3, -0.25) is 4.79 Å². The Morgan fingerprint density at radius 2 is 1.83 bits per heavy atom. The second kappa shape index (κ2) is 7.95. The number of carbonyl (C=O) groups is 1. The van der Waals surface area contributed by atoms with Crippen LogP contribution in [-0.4, -0.2) is 25.1 Å². The summed E-state index contributed by atoms with van der Waals surface area (Å²) >= 11 is 0. The van der Waals surface area contributed by atoms with Gasteiger partial charge in [0.1, 0.15) is 5.75 Å². The molecule has 3 nitrogen and oxygen atoms in total. The van der Waals surface area contributed by atoms with Crippen molar-refractivity contribution in [3.8, 4) is 16.9 Å². The predicted octanol–water partition coefficient (Wildman–Crippen LogP) is 6.07. The number of fused-ring (bicyclic) bond motifs is 1. The van der Waals surface area contributed by atoms with Crippen LogP contribution in [0.3, 0.4) is 0 Å². The lowest BCUT2D eigenvalue weighted by molar-refractivity contribution is -0.00228. The van der Waals surface area contributed by atoms with Gasteiger partial charge in [-0.2, -0.15) is 0 Å². The third-order valence-electron chi connectivity index (χ3n) is 6.85. The van der Waals surface area contributed by atoms with Gasteiger partial charge in [-0.1, -0.05) is 37.3 Å². The van der Waals surface area contributed by atoms with Gasteiger partial charge in [0, 0.05) is 29.6 Å². The molecule has 2 aliphatic rings. The molecule has 4 rings (SSSR count). The van der Waals surface area contributed by atoms with E-state index in [0.717, 1.165) is 47.5 Å². The summed E-state index contributed by atoms with van der Waals surface area (Å²) in [4.78, 5) is 12.0. The average Bonchev–Trinajstić information content (AvgIpc) is 3.43. The van der Waals surface area contributed by atoms with E-state index in [0.29, 0.717) is 13.0 Å². The molecule has 0 aliphatic heterocycles. The molecule has 0 bridgehead atoms. The van der Waals surface area contributed by atoms with E-state index in [1.165, 1.54) is 24.0 Å². The second-order valence-corrected chi connectivity index (χ2v) is 8.84. The molecule has 1 fully saturated rings. The number of ketones is 1. The standard InChI is InChI=1S/C26H32O3/c1-5-14-28-19(4)26(12-13-26)16-29-25-18(3)17(2)6-9-23(25)21-7-10-22-20(15-21)8-11-24(22)27/h6-7,9-10,15,19H,5,8,11-14,16H2,1-4H3/t19-/m1/s1. The van der Waals surface area contributed by atoms with E-state index in [9.17, 15) is 4.79 Å². The van der Waals surface area contributed by atoms with E-state index in [4.69, 9.17) is 9.47 Å². The van der Waals surface area contributed by atoms with Crippen molar-refractivity contribution in [2.24, 2.45) is 5.41 Å². The van der Waals surface area contributed by atoms with Crippen LogP contribution in [0.1, 0.15) is 66.6 Å². The fourth-order valence-corrected chi connectivity index (χ4v) is 4.34. The second-order valence-electron chi connectivity index (χ2n) is 8.84. The van der Waals surface area contributed by atoms with Crippen LogP contribution in [0.15, 0.2) is 30.3 Å². The Hall–Kier alpha value is -2.13. The molecule has 2 aromatic carbocycles. The summed E-state index contributed by atoms with van der Waals surface area (Å²) in [5, 5.41) is 0. The van der Waals surface area contributed by atoms with Crippen LogP contribution in [0.2, 0.25) is 0 Å². The van der Waals surface area contributed by atoms with Gasteiger partial charge in [0.05, 0.1) is 12.7 Å². The number of aryl methyl sites for hydroxylation is 2. The zero-order valence-corrected chi connectivity index (χ0v) is 18.1. The normalized spacial score (nSPS) is 17.9. The number of carbonyl (C=O) groups excluding carboxylic acids is 1. The van der Waals surface area contributed by atoms with Gasteiger partial charge in [-0.05, 0) is 68.7 Å². The Labute approximate surface area is 174 Å². The highest BCUT2D eigenvalue weighted by molar-refractivity contribution is 6.01. The molecule has 1 atom stereocenters. The van der Waals surface area contributed by atoms with E-state index in [-0.39, 0.29) is 17.3 Å². The molecule has 0 spiro atoms. The minimum atomic E-state index is 0.146. The van der Waals surface area contributed by atoms with Crippen molar-refractivity contribution in [1.29, 1.82) is 0 Å². The van der Waals surface area contributed by atoms with Gasteiger partial charge in [-0.15, -0.1) is 0 Å². The van der Waals surface area contributed by atoms with Gasteiger partial charge in [0.15, 0.2) is 5.78 Å². The summed E-state index contributed by atoms with van der Waals surface area (Å²) in [5.41, 5.74) is 6.88. The van der Waals surface area contributed by atoms with Gasteiger partial charge in [0.2, 0.25) is 0 Å². The number of hydrogen-bond acceptors (Lipinski definition) is 3. The molecular formula is C26H32O3. The lowest BCUT2D eigenvalue weighted by atomic mass is 9.95. The molecule has 0 saturated heterocycles. The minimum Gasteiger partial charge on any atom is -0.492 e. The predicted molar refractivity (Wildman–Crippen MR) is 117 cm³/mol. The lowest BCUT2D eigenvalue weighted by Crippen LogP contribution is -2.28. The Morgan fingerprint density at radius 1 is 1.07 bits per heavy atom. The van der Waals surface area contributed by atoms with Crippen molar-refractivity contribution in [1.82, 2.24) is 0 Å². The molecule has 29 heavy (non-hydrogen) atoms. The first kappa shape index (κ1) is 20.2. The van der Waals surface area contributed by atoms with Crippen molar-refractivity contribution in [2.75, 3.05) is 13.2 Å². The van der Waals surface area contributed by atoms with Crippen molar-refractivity contribution < 1.29 is 14.3 Å². The number of Topliss-reactive ketones (excluding diaryl/α,β-unsaturated/α-hetero) is 1. The topological polar surface area (TPSA) is 35.5 Å². The fraction of sp³-hybridized carbons (Fsp3) is 0.500. The van der Waals surface area contributed by atoms with Crippen LogP contribution >= 0.6 is 0 Å². The average molecular weight is 393 g/mol. The maximum Gasteiger partial charge on any atom is 0.163 e. The monoisotopic (exact) mass is 392 g/mol. The Kier molecular flexibility index (Phi) is 5.52. The molecule has 154 valence electrons. The molecule has 1 saturated carbocycles. The number of rotatable bonds is 8. The van der Waals surface area contributed by atoms with E-state index in [2.05, 4.69) is 52.0 Å². The first-order valence-corrected chi connectivity index (χ1v) is 11.0. The SMILES string of the molecule is CCCO[C@H](C)C1(COc2c(-c3ccc4c(c3)CCC4=O)ccc(C)c2C)CC1. The van der Waals surface area contributed by atoms with E-state index in [1.807, 2.05) is 6.07 Å². The summed E-state index contributed by atoms with van der Waals surface area (Å²) in [6, 6.07) is 10.6. The number of ether oxygens (including phenoxy) is 2. The zero-order chi connectivity index (χ0) is 20.6. The van der Waals surface area contributed by atoms with Crippen LogP contribution in [-0.2, 0) is 11.2 Å². The molecule has 0 radical (unpaired) electrons. The fourth-order valence-electron chi connectivity index (χ4n) is 4.34. The Balaban J connectivity index is 1.61. The molecule has 0 N–H and O–H groups in total. The van der Waals surface area contributed by atoms with Crippen LogP contribution in [0.4, 0.5) is 0 Å². The highest BCUT2D eigenvalue weighted by Gasteiger charge is 2.49. The number of benzene rings is 2. The molecule has 0 amide bonds. The third-order valence-corrected chi connectivity index (χ3v) is 6.85. The first-order valence-electron chi connectivity index (χ1n) is 11.0. The van der Waals surface area contributed by atoms with E-state index < -0.39 is 0 Å². The molecule has 2 aromatic rings. The van der Waals surface area contributed by atoms with Crippen molar-refractivity contribution in [3.63, 3.8) is 0 Å². The summed E-state index contributed by atoms with van der Waals surface area (Å²) in [6.07, 6.45) is 5.08. The quantitative estimate of drug-likeness (QED) is 0.547. The first-order chi connectivity index (χ1) is 13.9. The van der Waals surface area contributed by atoms with Gasteiger partial charge >= 0.3 is 0 Å². The van der Waals surface area contributed by atoms with Crippen LogP contribution in [0.25, 0.3) is 11.1 Å². The molecule has 3 heteroatoms. The van der Waals surface area contributed by atoms with E-state index >= 15 is 0 Å². The number of hydrogen-bond donors (Lipinski definition) is 0. The third kappa shape index (κ3) is 3.85. The smallest absolute Gasteiger partial charge is 0.163 e. The van der Waals surface area contributed by atoms with Gasteiger partial charge in [0.25, 0.3) is 0 Å². The van der Waals surface area contributed by atoms with Crippen LogP contribution in [0, 0.1) is 19.3 Å². The largest absolute Gasteiger partial charge is 0.492 e. The molecular weight excluding hydrogens is 360 g/mol. The Bertz CT molecular complexity index is 924. The van der Waals surface area contributed by atoms with Crippen molar-refractivity contribution >= 4 is 5.78 Å². The molecule has 0 heterocycles. The van der Waals surface area contributed by atoms with Crippen LogP contribution in [0.5, 0.6) is 5.75 Å². The minimum absolute atomic E-state index is 0.146. The summed E-state index contributed by atoms with van der Waals surface area (Å²) in [6.45, 7) is 10.1. The maximum absolute atomic E-state index is 12.0. The zero-order valence-electron chi connectivity index (χ0n) is 18.1. The molecule has 2 aliphatic carbocycles. The molecule has 0 unspecified atom stereocenters. The highest BCUT2D eigenvalue weighted by atomic mass is 16.5. The van der Waals surface area contributed by atoms with E-state index in [1.54, 1.807) is 0 Å². The van der Waals surface area contributed by atoms with Crippen molar-refractivity contribution in [3.05, 3.63) is 52.6 Å². The van der Waals surface area contributed by atoms with Gasteiger partial charge in [-0.25, -0.2) is 0 Å². The van der Waals surface area contributed by atoms with Gasteiger partial charge < -0.3 is 9.47 Å². The van der Waals surface area contributed by atoms with Crippen molar-refractivity contribution in [2.45, 2.75) is 65.9 Å².